The zero-order chi connectivity index (χ0) is 10.3. The van der Waals surface area contributed by atoms with Crippen molar-refractivity contribution in [2.45, 2.75) is 36.1 Å². The third kappa shape index (κ3) is 6.81. The first-order valence-electron chi connectivity index (χ1n) is 4.40. The molecule has 0 spiro atoms. The summed E-state index contributed by atoms with van der Waals surface area (Å²) in [5, 5.41) is 0. The number of hydrogen-bond acceptors (Lipinski definition) is 2. The van der Waals surface area contributed by atoms with E-state index in [-0.39, 0.29) is 6.54 Å². The largest absolute Gasteiger partial charge is 0.372 e. The Kier molecular flexibility index (Phi) is 7.56. The molecule has 1 atom stereocenters. The highest BCUT2D eigenvalue weighted by molar-refractivity contribution is 6.68. The van der Waals surface area contributed by atoms with Gasteiger partial charge in [0.15, 0.2) is 0 Å². The summed E-state index contributed by atoms with van der Waals surface area (Å²) in [6, 6.07) is 0. The smallest absolute Gasteiger partial charge is 0.217 e. The summed E-state index contributed by atoms with van der Waals surface area (Å²) in [5.74, 6) is 0. The number of unbranched alkanes of at least 4 members (excludes halogenated alkanes) is 2. The highest BCUT2D eigenvalue weighted by Crippen LogP contribution is 2.31. The van der Waals surface area contributed by atoms with Gasteiger partial charge in [-0.15, -0.1) is 0 Å². The summed E-state index contributed by atoms with van der Waals surface area (Å²) in [5.41, 5.74) is 5.40. The van der Waals surface area contributed by atoms with Crippen molar-refractivity contribution in [2.24, 2.45) is 5.73 Å². The van der Waals surface area contributed by atoms with Gasteiger partial charge in [0.25, 0.3) is 0 Å². The van der Waals surface area contributed by atoms with Crippen LogP contribution >= 0.6 is 34.8 Å². The first-order valence-corrected chi connectivity index (χ1v) is 5.54. The third-order valence-electron chi connectivity index (χ3n) is 1.65. The first-order chi connectivity index (χ1) is 6.02. The molecule has 0 aromatic carbocycles. The van der Waals surface area contributed by atoms with Crippen LogP contribution in [0.5, 0.6) is 0 Å². The lowest BCUT2D eigenvalue weighted by molar-refractivity contribution is 0.0591. The molecule has 0 aromatic rings. The average Bonchev–Trinajstić information content (AvgIpc) is 2.02. The van der Waals surface area contributed by atoms with E-state index in [1.165, 1.54) is 0 Å². The minimum absolute atomic E-state index is 0.225. The Bertz CT molecular complexity index is 127. The molecule has 0 rings (SSSR count). The van der Waals surface area contributed by atoms with Crippen molar-refractivity contribution < 1.29 is 4.74 Å². The molecule has 0 aliphatic carbocycles. The average molecular weight is 249 g/mol. The van der Waals surface area contributed by atoms with Gasteiger partial charge in [0.05, 0.1) is 0 Å². The van der Waals surface area contributed by atoms with Crippen LogP contribution in [-0.2, 0) is 4.74 Å². The molecule has 0 fully saturated rings. The van der Waals surface area contributed by atoms with Gasteiger partial charge < -0.3 is 10.5 Å². The Balaban J connectivity index is 3.61. The monoisotopic (exact) mass is 247 g/mol. The predicted octanol–water partition coefficient (Wildman–Crippen LogP) is 2.89. The molecule has 0 unspecified atom stereocenters. The molecule has 0 radical (unpaired) electrons. The molecule has 0 saturated heterocycles. The van der Waals surface area contributed by atoms with Gasteiger partial charge in [-0.25, -0.2) is 0 Å². The van der Waals surface area contributed by atoms with E-state index >= 15 is 0 Å². The molecule has 0 aliphatic rings. The molecule has 0 saturated carbocycles. The lowest BCUT2D eigenvalue weighted by atomic mass is 10.3. The fourth-order valence-electron chi connectivity index (χ4n) is 0.874. The number of ether oxygens (including phenoxy) is 1. The zero-order valence-electron chi connectivity index (χ0n) is 7.73. The van der Waals surface area contributed by atoms with E-state index in [2.05, 4.69) is 6.92 Å². The van der Waals surface area contributed by atoms with E-state index in [0.717, 1.165) is 19.3 Å². The molecule has 2 nitrogen and oxygen atoms in total. The Hall–Kier alpha value is 0.790. The number of alkyl halides is 3. The van der Waals surface area contributed by atoms with Crippen LogP contribution in [0.25, 0.3) is 0 Å². The van der Waals surface area contributed by atoms with Crippen LogP contribution in [0.4, 0.5) is 0 Å². The number of hydrogen-bond donors (Lipinski definition) is 1. The maximum Gasteiger partial charge on any atom is 0.217 e. The molecule has 0 bridgehead atoms. The van der Waals surface area contributed by atoms with Gasteiger partial charge in [-0.3, -0.25) is 0 Å². The van der Waals surface area contributed by atoms with Crippen LogP contribution in [0, 0.1) is 0 Å². The quantitative estimate of drug-likeness (QED) is 0.579. The highest BCUT2D eigenvalue weighted by atomic mass is 35.6. The van der Waals surface area contributed by atoms with Gasteiger partial charge in [-0.05, 0) is 6.42 Å². The SMILES string of the molecule is CCCCCO[C@H](CN)C(Cl)(Cl)Cl. The van der Waals surface area contributed by atoms with Crippen molar-refractivity contribution >= 4 is 34.8 Å². The van der Waals surface area contributed by atoms with E-state index in [1.54, 1.807) is 0 Å². The summed E-state index contributed by atoms with van der Waals surface area (Å²) in [7, 11) is 0. The van der Waals surface area contributed by atoms with Crippen molar-refractivity contribution in [2.75, 3.05) is 13.2 Å². The summed E-state index contributed by atoms with van der Waals surface area (Å²) in [6.45, 7) is 2.95. The minimum Gasteiger partial charge on any atom is -0.372 e. The van der Waals surface area contributed by atoms with Crippen LogP contribution in [-0.4, -0.2) is 23.0 Å². The van der Waals surface area contributed by atoms with Gasteiger partial charge in [0.1, 0.15) is 6.10 Å². The molecule has 0 heterocycles. The fraction of sp³-hybridized carbons (Fsp3) is 1.00. The van der Waals surface area contributed by atoms with Gasteiger partial charge in [-0.1, -0.05) is 54.6 Å². The van der Waals surface area contributed by atoms with Gasteiger partial charge >= 0.3 is 0 Å². The maximum atomic E-state index is 5.64. The van der Waals surface area contributed by atoms with Crippen molar-refractivity contribution in [3.05, 3.63) is 0 Å². The summed E-state index contributed by atoms with van der Waals surface area (Å²) < 4.78 is 3.92. The topological polar surface area (TPSA) is 35.2 Å². The Morgan fingerprint density at radius 1 is 1.31 bits per heavy atom. The van der Waals surface area contributed by atoms with E-state index < -0.39 is 9.90 Å². The maximum absolute atomic E-state index is 5.64. The molecule has 80 valence electrons. The predicted molar refractivity (Wildman–Crippen MR) is 58.6 cm³/mol. The summed E-state index contributed by atoms with van der Waals surface area (Å²) >= 11 is 16.9. The molecular weight excluding hydrogens is 232 g/mol. The van der Waals surface area contributed by atoms with Crippen LogP contribution in [0.1, 0.15) is 26.2 Å². The van der Waals surface area contributed by atoms with E-state index in [9.17, 15) is 0 Å². The Labute approximate surface area is 94.7 Å². The van der Waals surface area contributed by atoms with Crippen LogP contribution in [0.2, 0.25) is 0 Å². The molecule has 13 heavy (non-hydrogen) atoms. The molecule has 2 N–H and O–H groups in total. The van der Waals surface area contributed by atoms with Gasteiger partial charge in [0, 0.05) is 13.2 Å². The van der Waals surface area contributed by atoms with E-state index in [4.69, 9.17) is 45.3 Å². The van der Waals surface area contributed by atoms with Crippen molar-refractivity contribution in [3.63, 3.8) is 0 Å². The zero-order valence-corrected chi connectivity index (χ0v) is 10.0. The highest BCUT2D eigenvalue weighted by Gasteiger charge is 2.31. The summed E-state index contributed by atoms with van der Waals surface area (Å²) in [4.78, 5) is 0. The number of nitrogens with two attached hydrogens (primary N) is 1. The van der Waals surface area contributed by atoms with Crippen molar-refractivity contribution in [1.82, 2.24) is 0 Å². The summed E-state index contributed by atoms with van der Waals surface area (Å²) in [6.07, 6.45) is 2.74. The molecule has 0 aromatic heterocycles. The third-order valence-corrected chi connectivity index (χ3v) is 2.38. The van der Waals surface area contributed by atoms with Crippen LogP contribution in [0.15, 0.2) is 0 Å². The van der Waals surface area contributed by atoms with E-state index in [0.29, 0.717) is 6.61 Å². The molecule has 0 aliphatic heterocycles. The molecule has 0 amide bonds. The second-order valence-electron chi connectivity index (χ2n) is 2.84. The second-order valence-corrected chi connectivity index (χ2v) is 5.21. The van der Waals surface area contributed by atoms with Crippen molar-refractivity contribution in [1.29, 1.82) is 0 Å². The molecule has 5 heteroatoms. The Morgan fingerprint density at radius 2 is 1.92 bits per heavy atom. The van der Waals surface area contributed by atoms with E-state index in [1.807, 2.05) is 0 Å². The van der Waals surface area contributed by atoms with Crippen molar-refractivity contribution in [3.8, 4) is 0 Å². The normalized spacial score (nSPS) is 14.5. The Morgan fingerprint density at radius 3 is 2.31 bits per heavy atom. The lowest BCUT2D eigenvalue weighted by Gasteiger charge is -2.22. The first kappa shape index (κ1) is 13.8. The van der Waals surface area contributed by atoms with Crippen LogP contribution < -0.4 is 5.73 Å². The van der Waals surface area contributed by atoms with Gasteiger partial charge in [0.2, 0.25) is 3.79 Å². The minimum atomic E-state index is -1.42. The fourth-order valence-corrected chi connectivity index (χ4v) is 1.33. The molecular formula is C8H16Cl3NO. The lowest BCUT2D eigenvalue weighted by Crippen LogP contribution is -2.36. The number of rotatable bonds is 6. The number of halogens is 3. The standard InChI is InChI=1S/C8H16Cl3NO/c1-2-3-4-5-13-7(6-12)8(9,10)11/h7H,2-6,12H2,1H3/t7-/m1/s1. The van der Waals surface area contributed by atoms with Crippen LogP contribution in [0.3, 0.4) is 0 Å². The van der Waals surface area contributed by atoms with Gasteiger partial charge in [-0.2, -0.15) is 0 Å². The second kappa shape index (κ2) is 7.13.